The molecule has 4 rings (SSSR count). The number of benzene rings is 4. The number of hydrogen-bond donors (Lipinski definition) is 4. The maximum absolute atomic E-state index is 13.5. The van der Waals surface area contributed by atoms with Crippen molar-refractivity contribution in [3.05, 3.63) is 131 Å². The SMILES string of the molecule is CC(C)(NCc1ccc(OCc2ccccc2F)cc1)C(N)=O.CC(NCc1ccc(OCc2ccccc2F)cc1)C(N)=O. The zero-order chi connectivity index (χ0) is 32.8. The van der Waals surface area contributed by atoms with Gasteiger partial charge in [0.15, 0.2) is 0 Å². The summed E-state index contributed by atoms with van der Waals surface area (Å²) in [7, 11) is 0. The van der Waals surface area contributed by atoms with E-state index in [0.29, 0.717) is 35.7 Å². The summed E-state index contributed by atoms with van der Waals surface area (Å²) >= 11 is 0. The number of nitrogens with one attached hydrogen (secondary N) is 2. The molecule has 45 heavy (non-hydrogen) atoms. The van der Waals surface area contributed by atoms with Gasteiger partial charge >= 0.3 is 0 Å². The van der Waals surface area contributed by atoms with Gasteiger partial charge in [-0.15, -0.1) is 0 Å². The Morgan fingerprint density at radius 3 is 1.53 bits per heavy atom. The normalized spacial score (nSPS) is 11.6. The molecular weight excluding hydrogens is 578 g/mol. The Morgan fingerprint density at radius 1 is 0.711 bits per heavy atom. The molecule has 6 N–H and O–H groups in total. The van der Waals surface area contributed by atoms with Crippen LogP contribution in [-0.4, -0.2) is 23.4 Å². The number of hydrogen-bond acceptors (Lipinski definition) is 6. The molecule has 0 aliphatic carbocycles. The summed E-state index contributed by atoms with van der Waals surface area (Å²) in [5, 5.41) is 6.11. The molecule has 4 aromatic carbocycles. The molecule has 0 spiro atoms. The summed E-state index contributed by atoms with van der Waals surface area (Å²) in [5.41, 5.74) is 12.8. The van der Waals surface area contributed by atoms with Crippen molar-refractivity contribution >= 4 is 11.8 Å². The molecule has 0 aliphatic rings. The summed E-state index contributed by atoms with van der Waals surface area (Å²) in [6.07, 6.45) is 0. The third kappa shape index (κ3) is 11.7. The second kappa shape index (κ2) is 16.9. The molecule has 4 aromatic rings. The van der Waals surface area contributed by atoms with Crippen LogP contribution in [0.3, 0.4) is 0 Å². The number of rotatable bonds is 14. The Morgan fingerprint density at radius 2 is 1.13 bits per heavy atom. The van der Waals surface area contributed by atoms with Gasteiger partial charge in [0.05, 0.1) is 11.6 Å². The van der Waals surface area contributed by atoms with Crippen molar-refractivity contribution in [3.8, 4) is 11.5 Å². The maximum Gasteiger partial charge on any atom is 0.237 e. The fourth-order valence-electron chi connectivity index (χ4n) is 3.74. The molecule has 0 radical (unpaired) electrons. The van der Waals surface area contributed by atoms with Crippen LogP contribution in [0.2, 0.25) is 0 Å². The Hall–Kier alpha value is -4.80. The van der Waals surface area contributed by atoms with Gasteiger partial charge in [-0.05, 0) is 68.3 Å². The molecule has 8 nitrogen and oxygen atoms in total. The maximum atomic E-state index is 13.5. The molecule has 0 aromatic heterocycles. The quantitative estimate of drug-likeness (QED) is 0.155. The molecule has 10 heteroatoms. The van der Waals surface area contributed by atoms with Gasteiger partial charge in [-0.25, -0.2) is 8.78 Å². The minimum Gasteiger partial charge on any atom is -0.489 e. The lowest BCUT2D eigenvalue weighted by Gasteiger charge is -2.22. The van der Waals surface area contributed by atoms with Gasteiger partial charge in [-0.1, -0.05) is 60.7 Å². The van der Waals surface area contributed by atoms with Crippen molar-refractivity contribution < 1.29 is 27.8 Å². The van der Waals surface area contributed by atoms with Crippen molar-refractivity contribution in [2.75, 3.05) is 0 Å². The van der Waals surface area contributed by atoms with Gasteiger partial charge in [0.1, 0.15) is 36.3 Å². The molecule has 0 aliphatic heterocycles. The minimum absolute atomic E-state index is 0.180. The van der Waals surface area contributed by atoms with Crippen molar-refractivity contribution in [3.63, 3.8) is 0 Å². The van der Waals surface area contributed by atoms with Gasteiger partial charge < -0.3 is 26.3 Å². The van der Waals surface area contributed by atoms with E-state index in [0.717, 1.165) is 11.1 Å². The van der Waals surface area contributed by atoms with Gasteiger partial charge in [0, 0.05) is 24.2 Å². The third-order valence-corrected chi connectivity index (χ3v) is 6.94. The molecule has 1 atom stereocenters. The van der Waals surface area contributed by atoms with E-state index in [4.69, 9.17) is 20.9 Å². The van der Waals surface area contributed by atoms with Crippen LogP contribution in [0, 0.1) is 11.6 Å². The van der Waals surface area contributed by atoms with Crippen LogP contribution < -0.4 is 31.6 Å². The van der Waals surface area contributed by atoms with Crippen LogP contribution in [-0.2, 0) is 35.9 Å². The van der Waals surface area contributed by atoms with Crippen molar-refractivity contribution in [2.24, 2.45) is 11.5 Å². The molecule has 238 valence electrons. The smallest absolute Gasteiger partial charge is 0.237 e. The van der Waals surface area contributed by atoms with Crippen LogP contribution in [0.4, 0.5) is 8.78 Å². The van der Waals surface area contributed by atoms with Crippen LogP contribution in [0.25, 0.3) is 0 Å². The van der Waals surface area contributed by atoms with Crippen molar-refractivity contribution in [1.82, 2.24) is 10.6 Å². The Bertz CT molecular complexity index is 1530. The van der Waals surface area contributed by atoms with Crippen molar-refractivity contribution in [2.45, 2.75) is 58.7 Å². The minimum atomic E-state index is -0.764. The van der Waals surface area contributed by atoms with Gasteiger partial charge in [-0.2, -0.15) is 0 Å². The van der Waals surface area contributed by atoms with E-state index in [1.807, 2.05) is 48.5 Å². The molecule has 0 fully saturated rings. The van der Waals surface area contributed by atoms with Crippen LogP contribution in [0.5, 0.6) is 11.5 Å². The molecule has 1 unspecified atom stereocenters. The summed E-state index contributed by atoms with van der Waals surface area (Å²) in [4.78, 5) is 22.2. The standard InChI is InChI=1S/C18H21FN2O2.C17H19FN2O2/c1-18(2,17(20)22)21-11-13-7-9-15(10-8-13)23-12-14-5-3-4-6-16(14)19;1-12(17(19)21)20-10-13-6-8-15(9-7-13)22-11-14-4-2-3-5-16(14)18/h3-10,21H,11-12H2,1-2H3,(H2,20,22);2-9,12,20H,10-11H2,1H3,(H2,19,21). The van der Waals surface area contributed by atoms with Gasteiger partial charge in [0.2, 0.25) is 11.8 Å². The fourth-order valence-corrected chi connectivity index (χ4v) is 3.74. The highest BCUT2D eigenvalue weighted by molar-refractivity contribution is 5.83. The summed E-state index contributed by atoms with van der Waals surface area (Å²) < 4.78 is 38.1. The second-order valence-corrected chi connectivity index (χ2v) is 10.9. The molecule has 0 saturated heterocycles. The lowest BCUT2D eigenvalue weighted by Crippen LogP contribution is -2.50. The first-order valence-electron chi connectivity index (χ1n) is 14.4. The first-order valence-corrected chi connectivity index (χ1v) is 14.4. The van der Waals surface area contributed by atoms with E-state index >= 15 is 0 Å². The third-order valence-electron chi connectivity index (χ3n) is 6.94. The average Bonchev–Trinajstić information content (AvgIpc) is 3.03. The predicted molar refractivity (Wildman–Crippen MR) is 170 cm³/mol. The van der Waals surface area contributed by atoms with Crippen LogP contribution in [0.1, 0.15) is 43.0 Å². The highest BCUT2D eigenvalue weighted by Gasteiger charge is 2.23. The van der Waals surface area contributed by atoms with E-state index in [1.54, 1.807) is 57.2 Å². The Labute approximate surface area is 262 Å². The van der Waals surface area contributed by atoms with Gasteiger partial charge in [0.25, 0.3) is 0 Å². The number of halogens is 2. The lowest BCUT2D eigenvalue weighted by molar-refractivity contribution is -0.123. The number of ether oxygens (including phenoxy) is 2. The first kappa shape index (κ1) is 34.7. The molecule has 0 heterocycles. The van der Waals surface area contributed by atoms with E-state index < -0.39 is 11.4 Å². The lowest BCUT2D eigenvalue weighted by atomic mass is 10.0. The second-order valence-electron chi connectivity index (χ2n) is 10.9. The summed E-state index contributed by atoms with van der Waals surface area (Å²) in [6.45, 7) is 6.61. The molecule has 0 bridgehead atoms. The van der Waals surface area contributed by atoms with E-state index in [-0.39, 0.29) is 36.8 Å². The molecular formula is C35H40F2N4O4. The number of nitrogens with two attached hydrogens (primary N) is 2. The fraction of sp³-hybridized carbons (Fsp3) is 0.257. The Balaban J connectivity index is 0.000000246. The van der Waals surface area contributed by atoms with Crippen molar-refractivity contribution in [1.29, 1.82) is 0 Å². The number of amides is 2. The zero-order valence-electron chi connectivity index (χ0n) is 25.7. The molecule has 2 amide bonds. The molecule has 0 saturated carbocycles. The number of primary amides is 2. The summed E-state index contributed by atoms with van der Waals surface area (Å²) in [6, 6.07) is 27.5. The Kier molecular flexibility index (Phi) is 13.0. The number of carbonyl (C=O) groups excluding carboxylic acids is 2. The van der Waals surface area contributed by atoms with E-state index in [9.17, 15) is 18.4 Å². The summed E-state index contributed by atoms with van der Waals surface area (Å²) in [5.74, 6) is -0.0148. The first-order chi connectivity index (χ1) is 21.4. The van der Waals surface area contributed by atoms with E-state index in [1.165, 1.54) is 12.1 Å². The largest absolute Gasteiger partial charge is 0.489 e. The number of carbonyl (C=O) groups is 2. The highest BCUT2D eigenvalue weighted by atomic mass is 19.1. The van der Waals surface area contributed by atoms with E-state index in [2.05, 4.69) is 10.6 Å². The van der Waals surface area contributed by atoms with Crippen LogP contribution in [0.15, 0.2) is 97.1 Å². The average molecular weight is 619 g/mol. The highest BCUT2D eigenvalue weighted by Crippen LogP contribution is 2.17. The van der Waals surface area contributed by atoms with Gasteiger partial charge in [-0.3, -0.25) is 14.9 Å². The predicted octanol–water partition coefficient (Wildman–Crippen LogP) is 5.13. The topological polar surface area (TPSA) is 129 Å². The zero-order valence-corrected chi connectivity index (χ0v) is 25.7. The van der Waals surface area contributed by atoms with Crippen LogP contribution >= 0.6 is 0 Å². The monoisotopic (exact) mass is 618 g/mol.